The molecule has 9 nitrogen and oxygen atoms in total. The van der Waals surface area contributed by atoms with Gasteiger partial charge in [-0.25, -0.2) is 14.3 Å². The van der Waals surface area contributed by atoms with Crippen LogP contribution in [0.5, 0.6) is 0 Å². The van der Waals surface area contributed by atoms with Crippen LogP contribution in [-0.2, 0) is 4.74 Å². The molecule has 0 radical (unpaired) electrons. The van der Waals surface area contributed by atoms with E-state index in [9.17, 15) is 9.59 Å². The summed E-state index contributed by atoms with van der Waals surface area (Å²) in [5.41, 5.74) is 0.902. The first-order chi connectivity index (χ1) is 12.1. The van der Waals surface area contributed by atoms with Crippen LogP contribution in [0.1, 0.15) is 6.42 Å². The van der Waals surface area contributed by atoms with Crippen LogP contribution >= 0.6 is 0 Å². The Morgan fingerprint density at radius 2 is 2.16 bits per heavy atom. The second-order valence-electron chi connectivity index (χ2n) is 6.76. The van der Waals surface area contributed by atoms with Gasteiger partial charge in [-0.3, -0.25) is 9.78 Å². The van der Waals surface area contributed by atoms with Crippen LogP contribution < -0.4 is 16.1 Å². The van der Waals surface area contributed by atoms with Crippen molar-refractivity contribution in [1.29, 1.82) is 0 Å². The van der Waals surface area contributed by atoms with Gasteiger partial charge in [-0.05, 0) is 12.5 Å². The molecule has 0 atom stereocenters. The molecule has 3 aromatic heterocycles. The predicted molar refractivity (Wildman–Crippen MR) is 89.7 cm³/mol. The number of rotatable bonds is 2. The first-order valence-corrected chi connectivity index (χ1v) is 8.13. The van der Waals surface area contributed by atoms with Gasteiger partial charge in [0.1, 0.15) is 11.2 Å². The molecule has 0 bridgehead atoms. The largest absolute Gasteiger partial charge is 0.380 e. The molecule has 0 unspecified atom stereocenters. The van der Waals surface area contributed by atoms with Crippen molar-refractivity contribution in [2.24, 2.45) is 5.41 Å². The Labute approximate surface area is 141 Å². The fourth-order valence-corrected chi connectivity index (χ4v) is 3.63. The van der Waals surface area contributed by atoms with Gasteiger partial charge in [0.05, 0.1) is 18.8 Å². The molecule has 2 saturated heterocycles. The molecule has 0 aromatic carbocycles. The summed E-state index contributed by atoms with van der Waals surface area (Å²) < 4.78 is 7.10. The summed E-state index contributed by atoms with van der Waals surface area (Å²) >= 11 is 0. The van der Waals surface area contributed by atoms with E-state index in [2.05, 4.69) is 25.0 Å². The van der Waals surface area contributed by atoms with Crippen molar-refractivity contribution >= 4 is 11.3 Å². The molecule has 9 heteroatoms. The molecule has 25 heavy (non-hydrogen) atoms. The molecule has 0 aliphatic carbocycles. The summed E-state index contributed by atoms with van der Waals surface area (Å²) in [6.45, 7) is 3.46. The number of ether oxygens (including phenoxy) is 1. The van der Waals surface area contributed by atoms with Gasteiger partial charge in [-0.1, -0.05) is 0 Å². The fraction of sp³-hybridized carbons (Fsp3) is 0.375. The minimum absolute atomic E-state index is 0.257. The van der Waals surface area contributed by atoms with Crippen molar-refractivity contribution in [3.05, 3.63) is 45.5 Å². The van der Waals surface area contributed by atoms with E-state index in [0.717, 1.165) is 44.1 Å². The zero-order chi connectivity index (χ0) is 17.0. The lowest BCUT2D eigenvalue weighted by molar-refractivity contribution is -0.0985. The Balaban J connectivity index is 1.59. The average molecular weight is 340 g/mol. The zero-order valence-electron chi connectivity index (χ0n) is 13.4. The second kappa shape index (κ2) is 5.03. The molecule has 0 saturated carbocycles. The summed E-state index contributed by atoms with van der Waals surface area (Å²) in [7, 11) is 0. The summed E-state index contributed by atoms with van der Waals surface area (Å²) in [6, 6.07) is 1.83. The number of H-pyrrole nitrogens is 2. The molecule has 5 rings (SSSR count). The normalized spacial score (nSPS) is 18.8. The SMILES string of the molecule is O=c1[nH]cc(-c2cc3c(N4CCC5(COC5)C4)nccn3n2)c(=O)[nH]1. The maximum absolute atomic E-state index is 12.0. The minimum atomic E-state index is -0.537. The lowest BCUT2D eigenvalue weighted by Gasteiger charge is -2.37. The highest BCUT2D eigenvalue weighted by Gasteiger charge is 2.45. The van der Waals surface area contributed by atoms with Crippen LogP contribution in [0.25, 0.3) is 16.8 Å². The van der Waals surface area contributed by atoms with E-state index < -0.39 is 11.2 Å². The molecule has 0 amide bonds. The van der Waals surface area contributed by atoms with Gasteiger partial charge in [-0.2, -0.15) is 5.10 Å². The molecule has 128 valence electrons. The molecular weight excluding hydrogens is 324 g/mol. The third kappa shape index (κ3) is 2.19. The predicted octanol–water partition coefficient (Wildman–Crippen LogP) is -0.000400. The quantitative estimate of drug-likeness (QED) is 0.680. The Hall–Kier alpha value is -2.94. The van der Waals surface area contributed by atoms with E-state index in [1.807, 2.05) is 6.07 Å². The van der Waals surface area contributed by atoms with E-state index in [1.54, 1.807) is 16.9 Å². The molecule has 2 N–H and O–H groups in total. The smallest absolute Gasteiger partial charge is 0.325 e. The molecule has 5 heterocycles. The number of anilines is 1. The standard InChI is InChI=1S/C16H16N6O3/c23-14-10(6-18-15(24)19-14)11-5-12-13(17-2-4-22(12)20-11)21-3-1-16(7-21)8-25-9-16/h2,4-6H,1,3,7-9H2,(H2,18,19,23,24). The second-order valence-corrected chi connectivity index (χ2v) is 6.76. The summed E-state index contributed by atoms with van der Waals surface area (Å²) in [5, 5.41) is 4.46. The Morgan fingerprint density at radius 3 is 2.88 bits per heavy atom. The first-order valence-electron chi connectivity index (χ1n) is 8.13. The molecular formula is C16H16N6O3. The van der Waals surface area contributed by atoms with Gasteiger partial charge in [0.2, 0.25) is 0 Å². The number of nitrogens with zero attached hydrogens (tertiary/aromatic N) is 4. The Kier molecular flexibility index (Phi) is 2.90. The average Bonchev–Trinajstić information content (AvgIpc) is 3.18. The topological polar surface area (TPSA) is 108 Å². The number of fused-ring (bicyclic) bond motifs is 1. The van der Waals surface area contributed by atoms with Gasteiger partial charge in [0, 0.05) is 37.1 Å². The maximum atomic E-state index is 12.0. The number of hydrogen-bond donors (Lipinski definition) is 2. The van der Waals surface area contributed by atoms with Crippen LogP contribution in [0.2, 0.25) is 0 Å². The molecule has 2 aliphatic rings. The number of nitrogens with one attached hydrogen (secondary N) is 2. The van der Waals surface area contributed by atoms with Crippen molar-refractivity contribution in [2.45, 2.75) is 6.42 Å². The zero-order valence-corrected chi connectivity index (χ0v) is 13.4. The van der Waals surface area contributed by atoms with Crippen molar-refractivity contribution in [3.63, 3.8) is 0 Å². The van der Waals surface area contributed by atoms with Gasteiger partial charge in [0.25, 0.3) is 5.56 Å². The Morgan fingerprint density at radius 1 is 1.28 bits per heavy atom. The minimum Gasteiger partial charge on any atom is -0.380 e. The lowest BCUT2D eigenvalue weighted by Crippen LogP contribution is -2.44. The van der Waals surface area contributed by atoms with Crippen LogP contribution in [0.4, 0.5) is 5.82 Å². The lowest BCUT2D eigenvalue weighted by atomic mass is 9.85. The Bertz CT molecular complexity index is 1080. The maximum Gasteiger partial charge on any atom is 0.325 e. The van der Waals surface area contributed by atoms with E-state index >= 15 is 0 Å². The highest BCUT2D eigenvalue weighted by Crippen LogP contribution is 2.39. The molecule has 2 fully saturated rings. The van der Waals surface area contributed by atoms with Crippen LogP contribution in [0.15, 0.2) is 34.2 Å². The van der Waals surface area contributed by atoms with Gasteiger partial charge >= 0.3 is 5.69 Å². The van der Waals surface area contributed by atoms with E-state index in [-0.39, 0.29) is 5.41 Å². The van der Waals surface area contributed by atoms with E-state index in [4.69, 9.17) is 4.74 Å². The van der Waals surface area contributed by atoms with Crippen LogP contribution in [0.3, 0.4) is 0 Å². The van der Waals surface area contributed by atoms with E-state index in [0.29, 0.717) is 11.3 Å². The van der Waals surface area contributed by atoms with Crippen molar-refractivity contribution in [3.8, 4) is 11.3 Å². The summed E-state index contributed by atoms with van der Waals surface area (Å²) in [4.78, 5) is 34.7. The van der Waals surface area contributed by atoms with Gasteiger partial charge in [0.15, 0.2) is 5.82 Å². The first kappa shape index (κ1) is 14.4. The molecule has 2 aliphatic heterocycles. The van der Waals surface area contributed by atoms with Crippen molar-refractivity contribution < 1.29 is 4.74 Å². The fourth-order valence-electron chi connectivity index (χ4n) is 3.63. The van der Waals surface area contributed by atoms with Crippen LogP contribution in [0, 0.1) is 5.41 Å². The van der Waals surface area contributed by atoms with Crippen molar-refractivity contribution in [2.75, 3.05) is 31.2 Å². The van der Waals surface area contributed by atoms with E-state index in [1.165, 1.54) is 6.20 Å². The van der Waals surface area contributed by atoms with Crippen molar-refractivity contribution in [1.82, 2.24) is 24.6 Å². The van der Waals surface area contributed by atoms with Gasteiger partial charge < -0.3 is 14.6 Å². The molecule has 3 aromatic rings. The number of aromatic amines is 2. The third-order valence-corrected chi connectivity index (χ3v) is 5.02. The summed E-state index contributed by atoms with van der Waals surface area (Å²) in [6.07, 6.45) is 5.93. The molecule has 1 spiro atoms. The number of hydrogen-bond acceptors (Lipinski definition) is 6. The summed E-state index contributed by atoms with van der Waals surface area (Å²) in [5.74, 6) is 0.853. The highest BCUT2D eigenvalue weighted by atomic mass is 16.5. The van der Waals surface area contributed by atoms with Crippen LogP contribution in [-0.4, -0.2) is 50.9 Å². The third-order valence-electron chi connectivity index (χ3n) is 5.02. The monoisotopic (exact) mass is 340 g/mol. The highest BCUT2D eigenvalue weighted by molar-refractivity contribution is 5.75. The van der Waals surface area contributed by atoms with Gasteiger partial charge in [-0.15, -0.1) is 0 Å². The number of aromatic nitrogens is 5.